The number of nitrogens with two attached hydrogens (primary N) is 1. The van der Waals surface area contributed by atoms with Crippen LogP contribution >= 0.6 is 11.3 Å². The van der Waals surface area contributed by atoms with Crippen molar-refractivity contribution in [1.82, 2.24) is 9.97 Å². The normalized spacial score (nSPS) is 11.4. The van der Waals surface area contributed by atoms with E-state index >= 15 is 0 Å². The van der Waals surface area contributed by atoms with E-state index in [2.05, 4.69) is 15.3 Å². The third-order valence-electron chi connectivity index (χ3n) is 3.48. The Morgan fingerprint density at radius 2 is 1.88 bits per heavy atom. The maximum atomic E-state index is 12.8. The minimum atomic E-state index is -4.50. The Labute approximate surface area is 150 Å². The molecule has 26 heavy (non-hydrogen) atoms. The molecule has 0 aliphatic heterocycles. The van der Waals surface area contributed by atoms with Gasteiger partial charge in [-0.2, -0.15) is 13.2 Å². The first kappa shape index (κ1) is 18.0. The van der Waals surface area contributed by atoms with Gasteiger partial charge in [0.15, 0.2) is 5.13 Å². The van der Waals surface area contributed by atoms with Crippen molar-refractivity contribution >= 4 is 22.4 Å². The number of carbonyl (C=O) groups is 1. The number of halogens is 3. The van der Waals surface area contributed by atoms with E-state index in [4.69, 9.17) is 5.73 Å². The summed E-state index contributed by atoms with van der Waals surface area (Å²) >= 11 is 1.24. The molecule has 3 rings (SSSR count). The molecule has 0 saturated carbocycles. The van der Waals surface area contributed by atoms with Gasteiger partial charge in [-0.05, 0) is 29.3 Å². The Morgan fingerprint density at radius 1 is 1.15 bits per heavy atom. The van der Waals surface area contributed by atoms with Gasteiger partial charge in [0.2, 0.25) is 5.91 Å². The molecule has 0 aliphatic rings. The van der Waals surface area contributed by atoms with Crippen molar-refractivity contribution < 1.29 is 18.0 Å². The first-order valence-corrected chi connectivity index (χ1v) is 8.34. The van der Waals surface area contributed by atoms with E-state index in [1.54, 1.807) is 29.6 Å². The summed E-state index contributed by atoms with van der Waals surface area (Å²) in [5.74, 6) is -0.351. The van der Waals surface area contributed by atoms with Gasteiger partial charge in [-0.15, -0.1) is 11.3 Å². The summed E-state index contributed by atoms with van der Waals surface area (Å²) in [6.07, 6.45) is -3.37. The van der Waals surface area contributed by atoms with Crippen LogP contribution in [-0.4, -0.2) is 22.4 Å². The van der Waals surface area contributed by atoms with Crippen LogP contribution in [0.3, 0.4) is 0 Å². The van der Waals surface area contributed by atoms with Gasteiger partial charge in [0, 0.05) is 17.1 Å². The zero-order valence-corrected chi connectivity index (χ0v) is 14.1. The maximum absolute atomic E-state index is 12.8. The SMILES string of the molecule is NCC(=O)Nc1nc(-c2cccc(-c3ccnc(C(F)(F)F)c3)c2)cs1. The summed E-state index contributed by atoms with van der Waals surface area (Å²) in [5.41, 5.74) is 6.64. The van der Waals surface area contributed by atoms with Crippen molar-refractivity contribution in [3.05, 3.63) is 53.7 Å². The molecule has 2 heterocycles. The summed E-state index contributed by atoms with van der Waals surface area (Å²) < 4.78 is 38.5. The number of hydrogen-bond donors (Lipinski definition) is 2. The van der Waals surface area contributed by atoms with Crippen LogP contribution in [0.25, 0.3) is 22.4 Å². The Hall–Kier alpha value is -2.78. The van der Waals surface area contributed by atoms with E-state index in [0.29, 0.717) is 22.0 Å². The topological polar surface area (TPSA) is 80.9 Å². The summed E-state index contributed by atoms with van der Waals surface area (Å²) in [7, 11) is 0. The van der Waals surface area contributed by atoms with Crippen molar-refractivity contribution in [2.75, 3.05) is 11.9 Å². The summed E-state index contributed by atoms with van der Waals surface area (Å²) in [6.45, 7) is -0.145. The molecule has 0 unspecified atom stereocenters. The number of pyridine rings is 1. The molecule has 0 atom stereocenters. The maximum Gasteiger partial charge on any atom is 0.433 e. The lowest BCUT2D eigenvalue weighted by Crippen LogP contribution is -2.21. The molecule has 0 saturated heterocycles. The first-order valence-electron chi connectivity index (χ1n) is 7.46. The number of thiazole rings is 1. The average Bonchev–Trinajstić information content (AvgIpc) is 3.09. The smallest absolute Gasteiger partial charge is 0.322 e. The lowest BCUT2D eigenvalue weighted by Gasteiger charge is -2.08. The van der Waals surface area contributed by atoms with E-state index in [9.17, 15) is 18.0 Å². The number of aromatic nitrogens is 2. The van der Waals surface area contributed by atoms with Crippen LogP contribution in [0, 0.1) is 0 Å². The molecule has 0 aliphatic carbocycles. The molecule has 1 amide bonds. The zero-order valence-electron chi connectivity index (χ0n) is 13.2. The van der Waals surface area contributed by atoms with E-state index in [0.717, 1.165) is 17.8 Å². The van der Waals surface area contributed by atoms with Gasteiger partial charge in [-0.25, -0.2) is 4.98 Å². The van der Waals surface area contributed by atoms with Crippen LogP contribution in [0.2, 0.25) is 0 Å². The highest BCUT2D eigenvalue weighted by Gasteiger charge is 2.32. The fourth-order valence-corrected chi connectivity index (χ4v) is 2.99. The molecular formula is C17H13F3N4OS. The molecule has 134 valence electrons. The molecule has 0 radical (unpaired) electrons. The number of anilines is 1. The van der Waals surface area contributed by atoms with Crippen molar-refractivity contribution in [2.24, 2.45) is 5.73 Å². The molecule has 0 fully saturated rings. The van der Waals surface area contributed by atoms with E-state index in [1.807, 2.05) is 0 Å². The van der Waals surface area contributed by atoms with Gasteiger partial charge < -0.3 is 11.1 Å². The molecule has 9 heteroatoms. The van der Waals surface area contributed by atoms with Gasteiger partial charge in [0.05, 0.1) is 12.2 Å². The number of rotatable bonds is 4. The minimum Gasteiger partial charge on any atom is -0.322 e. The number of amides is 1. The van der Waals surface area contributed by atoms with Gasteiger partial charge in [-0.3, -0.25) is 9.78 Å². The average molecular weight is 378 g/mol. The molecule has 3 aromatic rings. The second-order valence-corrected chi connectivity index (χ2v) is 6.16. The molecule has 1 aromatic carbocycles. The highest BCUT2D eigenvalue weighted by atomic mass is 32.1. The summed E-state index contributed by atoms with van der Waals surface area (Å²) in [5, 5.41) is 4.72. The summed E-state index contributed by atoms with van der Waals surface area (Å²) in [4.78, 5) is 19.0. The highest BCUT2D eigenvalue weighted by molar-refractivity contribution is 7.14. The van der Waals surface area contributed by atoms with Crippen LogP contribution in [-0.2, 0) is 11.0 Å². The largest absolute Gasteiger partial charge is 0.433 e. The monoisotopic (exact) mass is 378 g/mol. The van der Waals surface area contributed by atoms with Crippen LogP contribution in [0.4, 0.5) is 18.3 Å². The Morgan fingerprint density at radius 3 is 2.62 bits per heavy atom. The number of alkyl halides is 3. The van der Waals surface area contributed by atoms with Crippen LogP contribution < -0.4 is 11.1 Å². The van der Waals surface area contributed by atoms with Crippen molar-refractivity contribution in [3.8, 4) is 22.4 Å². The lowest BCUT2D eigenvalue weighted by atomic mass is 10.0. The number of benzene rings is 1. The zero-order chi connectivity index (χ0) is 18.7. The van der Waals surface area contributed by atoms with Crippen LogP contribution in [0.15, 0.2) is 48.0 Å². The number of nitrogens with one attached hydrogen (secondary N) is 1. The predicted molar refractivity (Wildman–Crippen MR) is 93.5 cm³/mol. The molecule has 5 nitrogen and oxygen atoms in total. The van der Waals surface area contributed by atoms with E-state index < -0.39 is 11.9 Å². The second kappa shape index (κ2) is 7.22. The van der Waals surface area contributed by atoms with Crippen LogP contribution in [0.1, 0.15) is 5.69 Å². The first-order chi connectivity index (χ1) is 12.4. The van der Waals surface area contributed by atoms with Gasteiger partial charge in [0.25, 0.3) is 0 Å². The molecule has 3 N–H and O–H groups in total. The molecule has 0 spiro atoms. The highest BCUT2D eigenvalue weighted by Crippen LogP contribution is 2.32. The van der Waals surface area contributed by atoms with Crippen molar-refractivity contribution in [2.45, 2.75) is 6.18 Å². The van der Waals surface area contributed by atoms with Crippen molar-refractivity contribution in [3.63, 3.8) is 0 Å². The molecular weight excluding hydrogens is 365 g/mol. The Kier molecular flexibility index (Phi) is 5.01. The van der Waals surface area contributed by atoms with Crippen LogP contribution in [0.5, 0.6) is 0 Å². The number of hydrogen-bond acceptors (Lipinski definition) is 5. The molecule has 0 bridgehead atoms. The fourth-order valence-electron chi connectivity index (χ4n) is 2.26. The summed E-state index contributed by atoms with van der Waals surface area (Å²) in [6, 6.07) is 9.49. The number of nitrogens with zero attached hydrogens (tertiary/aromatic N) is 2. The second-order valence-electron chi connectivity index (χ2n) is 5.30. The van der Waals surface area contributed by atoms with Gasteiger partial charge >= 0.3 is 6.18 Å². The van der Waals surface area contributed by atoms with Gasteiger partial charge in [-0.1, -0.05) is 18.2 Å². The molecule has 2 aromatic heterocycles. The van der Waals surface area contributed by atoms with E-state index in [-0.39, 0.29) is 12.5 Å². The minimum absolute atomic E-state index is 0.145. The van der Waals surface area contributed by atoms with Crippen molar-refractivity contribution in [1.29, 1.82) is 0 Å². The predicted octanol–water partition coefficient (Wildman–Crippen LogP) is 3.79. The third-order valence-corrected chi connectivity index (χ3v) is 4.24. The Bertz CT molecular complexity index is 940. The Balaban J connectivity index is 1.91. The number of carbonyl (C=O) groups excluding carboxylic acids is 1. The van der Waals surface area contributed by atoms with Gasteiger partial charge in [0.1, 0.15) is 5.69 Å². The quantitative estimate of drug-likeness (QED) is 0.724. The lowest BCUT2D eigenvalue weighted by molar-refractivity contribution is -0.141. The standard InChI is InChI=1S/C17H13F3N4OS/c18-17(19,20)14-7-11(4-5-22-14)10-2-1-3-12(6-10)13-9-26-16(23-13)24-15(25)8-21/h1-7,9H,8,21H2,(H,23,24,25). The fraction of sp³-hybridized carbons (Fsp3) is 0.118. The third kappa shape index (κ3) is 4.06. The van der Waals surface area contributed by atoms with E-state index in [1.165, 1.54) is 17.4 Å².